The molecule has 1 aromatic heterocycles. The Balaban J connectivity index is 1.76. The van der Waals surface area contributed by atoms with Crippen molar-refractivity contribution in [3.63, 3.8) is 0 Å². The predicted octanol–water partition coefficient (Wildman–Crippen LogP) is 1.41. The van der Waals surface area contributed by atoms with E-state index in [1.54, 1.807) is 7.05 Å². The molecular weight excluding hydrogens is 302 g/mol. The van der Waals surface area contributed by atoms with E-state index >= 15 is 0 Å². The first-order valence-electron chi connectivity index (χ1n) is 8.77. The van der Waals surface area contributed by atoms with Crippen LogP contribution in [0, 0.1) is 12.8 Å². The number of hydrogen-bond acceptors (Lipinski definition) is 4. The molecular formula is C18H31N5O. The molecule has 24 heavy (non-hydrogen) atoms. The zero-order chi connectivity index (χ0) is 17.4. The number of nitrogens with zero attached hydrogens (tertiary/aromatic N) is 3. The molecule has 0 spiro atoms. The highest BCUT2D eigenvalue weighted by Crippen LogP contribution is 2.07. The molecule has 1 fully saturated rings. The first-order chi connectivity index (χ1) is 11.6. The SMILES string of the molecule is CN=C(NCc1ncccc1C)NCC1CN(CC(C)C)CCO1. The van der Waals surface area contributed by atoms with Crippen LogP contribution in [0.5, 0.6) is 0 Å². The van der Waals surface area contributed by atoms with Gasteiger partial charge in [-0.25, -0.2) is 0 Å². The lowest BCUT2D eigenvalue weighted by molar-refractivity contribution is -0.0284. The van der Waals surface area contributed by atoms with E-state index in [1.807, 2.05) is 12.3 Å². The first kappa shape index (κ1) is 18.7. The molecule has 0 amide bonds. The normalized spacial score (nSPS) is 19.5. The molecule has 0 aromatic carbocycles. The van der Waals surface area contributed by atoms with Crippen LogP contribution in [0.4, 0.5) is 0 Å². The van der Waals surface area contributed by atoms with Crippen molar-refractivity contribution < 1.29 is 4.74 Å². The Kier molecular flexibility index (Phi) is 7.46. The molecule has 6 nitrogen and oxygen atoms in total. The van der Waals surface area contributed by atoms with E-state index in [2.05, 4.69) is 52.3 Å². The van der Waals surface area contributed by atoms with Crippen LogP contribution in [0.15, 0.2) is 23.3 Å². The largest absolute Gasteiger partial charge is 0.374 e. The third kappa shape index (κ3) is 6.09. The Labute approximate surface area is 145 Å². The summed E-state index contributed by atoms with van der Waals surface area (Å²) >= 11 is 0. The zero-order valence-corrected chi connectivity index (χ0v) is 15.4. The van der Waals surface area contributed by atoms with Gasteiger partial charge >= 0.3 is 0 Å². The Morgan fingerprint density at radius 2 is 2.29 bits per heavy atom. The van der Waals surface area contributed by atoms with Crippen LogP contribution in [-0.2, 0) is 11.3 Å². The first-order valence-corrected chi connectivity index (χ1v) is 8.77. The lowest BCUT2D eigenvalue weighted by Crippen LogP contribution is -2.50. The van der Waals surface area contributed by atoms with Crippen LogP contribution in [0.2, 0.25) is 0 Å². The number of aromatic nitrogens is 1. The number of guanidine groups is 1. The lowest BCUT2D eigenvalue weighted by atomic mass is 10.2. The van der Waals surface area contributed by atoms with Gasteiger partial charge in [0.25, 0.3) is 0 Å². The van der Waals surface area contributed by atoms with E-state index < -0.39 is 0 Å². The number of rotatable bonds is 6. The topological polar surface area (TPSA) is 61.8 Å². The van der Waals surface area contributed by atoms with Crippen LogP contribution in [-0.4, -0.2) is 61.8 Å². The van der Waals surface area contributed by atoms with Crippen molar-refractivity contribution in [3.05, 3.63) is 29.6 Å². The number of hydrogen-bond donors (Lipinski definition) is 2. The summed E-state index contributed by atoms with van der Waals surface area (Å²) in [6.45, 7) is 11.9. The van der Waals surface area contributed by atoms with Crippen molar-refractivity contribution in [3.8, 4) is 0 Å². The van der Waals surface area contributed by atoms with Gasteiger partial charge in [0, 0.05) is 39.4 Å². The summed E-state index contributed by atoms with van der Waals surface area (Å²) in [6.07, 6.45) is 2.02. The second-order valence-corrected chi connectivity index (χ2v) is 6.72. The van der Waals surface area contributed by atoms with E-state index in [9.17, 15) is 0 Å². The second kappa shape index (κ2) is 9.59. The molecule has 1 saturated heterocycles. The minimum absolute atomic E-state index is 0.202. The second-order valence-electron chi connectivity index (χ2n) is 6.72. The minimum atomic E-state index is 0.202. The van der Waals surface area contributed by atoms with E-state index in [0.29, 0.717) is 12.5 Å². The van der Waals surface area contributed by atoms with Crippen LogP contribution >= 0.6 is 0 Å². The molecule has 1 aliphatic heterocycles. The molecule has 0 bridgehead atoms. The molecule has 134 valence electrons. The monoisotopic (exact) mass is 333 g/mol. The van der Waals surface area contributed by atoms with Crippen LogP contribution in [0.25, 0.3) is 0 Å². The summed E-state index contributed by atoms with van der Waals surface area (Å²) in [5, 5.41) is 6.68. The Morgan fingerprint density at radius 3 is 3.00 bits per heavy atom. The van der Waals surface area contributed by atoms with E-state index in [4.69, 9.17) is 4.74 Å². The molecule has 2 heterocycles. The Morgan fingerprint density at radius 1 is 1.46 bits per heavy atom. The summed E-state index contributed by atoms with van der Waals surface area (Å²) in [5.41, 5.74) is 2.22. The van der Waals surface area contributed by atoms with E-state index in [0.717, 1.165) is 44.4 Å². The maximum Gasteiger partial charge on any atom is 0.191 e. The summed E-state index contributed by atoms with van der Waals surface area (Å²) < 4.78 is 5.87. The van der Waals surface area contributed by atoms with Gasteiger partial charge in [-0.1, -0.05) is 19.9 Å². The minimum Gasteiger partial charge on any atom is -0.374 e. The molecule has 1 aliphatic rings. The third-order valence-electron chi connectivity index (χ3n) is 4.11. The summed E-state index contributed by atoms with van der Waals surface area (Å²) in [6, 6.07) is 4.02. The summed E-state index contributed by atoms with van der Waals surface area (Å²) in [4.78, 5) is 11.2. The fourth-order valence-corrected chi connectivity index (χ4v) is 2.89. The molecule has 0 saturated carbocycles. The highest BCUT2D eigenvalue weighted by atomic mass is 16.5. The van der Waals surface area contributed by atoms with Crippen molar-refractivity contribution >= 4 is 5.96 Å². The lowest BCUT2D eigenvalue weighted by Gasteiger charge is -2.34. The number of ether oxygens (including phenoxy) is 1. The van der Waals surface area contributed by atoms with Gasteiger partial charge in [0.15, 0.2) is 5.96 Å². The van der Waals surface area contributed by atoms with Gasteiger partial charge in [0.2, 0.25) is 0 Å². The van der Waals surface area contributed by atoms with Gasteiger partial charge in [-0.2, -0.15) is 0 Å². The molecule has 0 aliphatic carbocycles. The molecule has 1 atom stereocenters. The maximum atomic E-state index is 5.87. The number of morpholine rings is 1. The quantitative estimate of drug-likeness (QED) is 0.609. The van der Waals surface area contributed by atoms with Crippen molar-refractivity contribution in [1.29, 1.82) is 0 Å². The Bertz CT molecular complexity index is 532. The zero-order valence-electron chi connectivity index (χ0n) is 15.4. The maximum absolute atomic E-state index is 5.87. The molecule has 1 aromatic rings. The fraction of sp³-hybridized carbons (Fsp3) is 0.667. The van der Waals surface area contributed by atoms with Gasteiger partial charge in [0.1, 0.15) is 0 Å². The average molecular weight is 333 g/mol. The number of pyridine rings is 1. The van der Waals surface area contributed by atoms with Crippen molar-refractivity contribution in [2.75, 3.05) is 39.8 Å². The van der Waals surface area contributed by atoms with Gasteiger partial charge in [0.05, 0.1) is 24.9 Å². The summed E-state index contributed by atoms with van der Waals surface area (Å²) in [5.74, 6) is 1.47. The molecule has 2 N–H and O–H groups in total. The fourth-order valence-electron chi connectivity index (χ4n) is 2.89. The highest BCUT2D eigenvalue weighted by molar-refractivity contribution is 5.79. The molecule has 6 heteroatoms. The van der Waals surface area contributed by atoms with E-state index in [1.165, 1.54) is 5.56 Å². The molecule has 0 radical (unpaired) electrons. The smallest absolute Gasteiger partial charge is 0.191 e. The standard InChI is InChI=1S/C18H31N5O/c1-14(2)12-23-8-9-24-16(13-23)10-21-18(19-4)22-11-17-15(3)6-5-7-20-17/h5-7,14,16H,8-13H2,1-4H3,(H2,19,21,22). The van der Waals surface area contributed by atoms with Gasteiger partial charge in [-0.05, 0) is 24.5 Å². The van der Waals surface area contributed by atoms with Gasteiger partial charge in [-0.15, -0.1) is 0 Å². The number of nitrogens with one attached hydrogen (secondary N) is 2. The number of aliphatic imine (C=N–C) groups is 1. The van der Waals surface area contributed by atoms with Crippen molar-refractivity contribution in [2.45, 2.75) is 33.4 Å². The third-order valence-corrected chi connectivity index (χ3v) is 4.11. The van der Waals surface area contributed by atoms with Crippen molar-refractivity contribution in [2.24, 2.45) is 10.9 Å². The van der Waals surface area contributed by atoms with Gasteiger partial charge in [-0.3, -0.25) is 14.9 Å². The Hall–Kier alpha value is -1.66. The van der Waals surface area contributed by atoms with Crippen LogP contribution in [0.1, 0.15) is 25.1 Å². The van der Waals surface area contributed by atoms with Crippen LogP contribution < -0.4 is 10.6 Å². The molecule has 2 rings (SSSR count). The van der Waals surface area contributed by atoms with Gasteiger partial charge < -0.3 is 15.4 Å². The highest BCUT2D eigenvalue weighted by Gasteiger charge is 2.21. The predicted molar refractivity (Wildman–Crippen MR) is 98.2 cm³/mol. The summed E-state index contributed by atoms with van der Waals surface area (Å²) in [7, 11) is 1.79. The molecule has 1 unspecified atom stereocenters. The number of aryl methyl sites for hydroxylation is 1. The van der Waals surface area contributed by atoms with Crippen LogP contribution in [0.3, 0.4) is 0 Å². The average Bonchev–Trinajstić information content (AvgIpc) is 2.56. The van der Waals surface area contributed by atoms with Crippen molar-refractivity contribution in [1.82, 2.24) is 20.5 Å². The van der Waals surface area contributed by atoms with E-state index in [-0.39, 0.29) is 6.10 Å².